The average molecular weight is 529 g/mol. The highest BCUT2D eigenvalue weighted by Crippen LogP contribution is 2.46. The standard InChI is InChI=1S/C28H52O7Si/c1-9-36(10-2,11-3)35-28(6)16-14-22-27(5,31-8)15-12-13-20(4)25(32-19-30-7)26-21(17-23(28)33-22)18-24(29)34-26/h20-23,25-26H,9-19H2,1-8H3/t20-,21-,22+,23+,25+,26+,27-,28+/m0/s1. The highest BCUT2D eigenvalue weighted by molar-refractivity contribution is 6.73. The van der Waals surface area contributed by atoms with Gasteiger partial charge in [0.25, 0.3) is 0 Å². The molecule has 0 radical (unpaired) electrons. The van der Waals surface area contributed by atoms with E-state index in [0.717, 1.165) is 50.2 Å². The summed E-state index contributed by atoms with van der Waals surface area (Å²) in [6, 6.07) is 3.29. The van der Waals surface area contributed by atoms with Gasteiger partial charge in [-0.2, -0.15) is 0 Å². The highest BCUT2D eigenvalue weighted by Gasteiger charge is 2.53. The molecule has 0 saturated carbocycles. The second-order valence-corrected chi connectivity index (χ2v) is 16.6. The molecule has 0 aromatic carbocycles. The summed E-state index contributed by atoms with van der Waals surface area (Å²) >= 11 is 0. The van der Waals surface area contributed by atoms with Crippen LogP contribution in [0.4, 0.5) is 0 Å². The molecule has 36 heavy (non-hydrogen) atoms. The van der Waals surface area contributed by atoms with Gasteiger partial charge in [0.2, 0.25) is 0 Å². The van der Waals surface area contributed by atoms with Crippen molar-refractivity contribution in [1.29, 1.82) is 0 Å². The van der Waals surface area contributed by atoms with Crippen LogP contribution >= 0.6 is 0 Å². The Labute approximate surface area is 220 Å². The number of rotatable bonds is 9. The first-order valence-corrected chi connectivity index (χ1v) is 16.8. The summed E-state index contributed by atoms with van der Waals surface area (Å²) in [6.45, 7) is 13.7. The van der Waals surface area contributed by atoms with Crippen LogP contribution in [0.3, 0.4) is 0 Å². The molecule has 0 spiro atoms. The van der Waals surface area contributed by atoms with Crippen LogP contribution in [-0.2, 0) is 32.9 Å². The van der Waals surface area contributed by atoms with E-state index in [2.05, 4.69) is 41.5 Å². The first kappa shape index (κ1) is 30.0. The van der Waals surface area contributed by atoms with Crippen LogP contribution in [0.5, 0.6) is 0 Å². The highest BCUT2D eigenvalue weighted by atomic mass is 28.4. The van der Waals surface area contributed by atoms with E-state index in [9.17, 15) is 4.79 Å². The van der Waals surface area contributed by atoms with Crippen molar-refractivity contribution in [1.82, 2.24) is 0 Å². The van der Waals surface area contributed by atoms with Crippen LogP contribution in [0.2, 0.25) is 18.1 Å². The molecule has 0 amide bonds. The fourth-order valence-electron chi connectivity index (χ4n) is 6.84. The number of fused-ring (bicyclic) bond motifs is 3. The van der Waals surface area contributed by atoms with Crippen molar-refractivity contribution in [3.8, 4) is 0 Å². The molecule has 3 aliphatic rings. The van der Waals surface area contributed by atoms with E-state index in [1.807, 2.05) is 7.11 Å². The van der Waals surface area contributed by atoms with E-state index < -0.39 is 13.9 Å². The smallest absolute Gasteiger partial charge is 0.306 e. The minimum absolute atomic E-state index is 0.00290. The minimum Gasteiger partial charge on any atom is -0.459 e. The second-order valence-electron chi connectivity index (χ2n) is 11.9. The monoisotopic (exact) mass is 528 g/mol. The Bertz CT molecular complexity index is 708. The zero-order valence-electron chi connectivity index (χ0n) is 24.1. The summed E-state index contributed by atoms with van der Waals surface area (Å²) in [5.41, 5.74) is -0.758. The zero-order valence-corrected chi connectivity index (χ0v) is 25.1. The number of ether oxygens (including phenoxy) is 5. The lowest BCUT2D eigenvalue weighted by molar-refractivity contribution is -0.225. The lowest BCUT2D eigenvalue weighted by Crippen LogP contribution is -2.60. The summed E-state index contributed by atoms with van der Waals surface area (Å²) in [7, 11) is 1.56. The number of methoxy groups -OCH3 is 2. The molecular weight excluding hydrogens is 476 g/mol. The quantitative estimate of drug-likeness (QED) is 0.211. The normalized spacial score (nSPS) is 40.2. The molecule has 7 nitrogen and oxygen atoms in total. The predicted molar refractivity (Wildman–Crippen MR) is 142 cm³/mol. The van der Waals surface area contributed by atoms with E-state index in [1.165, 1.54) is 0 Å². The molecule has 8 heteroatoms. The number of esters is 1. The van der Waals surface area contributed by atoms with Gasteiger partial charge in [0.05, 0.1) is 29.8 Å². The third-order valence-electron chi connectivity index (χ3n) is 9.72. The molecule has 0 aromatic heterocycles. The Morgan fingerprint density at radius 2 is 1.69 bits per heavy atom. The van der Waals surface area contributed by atoms with E-state index in [1.54, 1.807) is 7.11 Å². The number of hydrogen-bond donors (Lipinski definition) is 0. The van der Waals surface area contributed by atoms with Gasteiger partial charge in [0.1, 0.15) is 19.0 Å². The Hall–Kier alpha value is -0.513. The summed E-state index contributed by atoms with van der Waals surface area (Å²) in [6.07, 6.45) is 5.16. The van der Waals surface area contributed by atoms with E-state index in [-0.39, 0.29) is 54.6 Å². The molecule has 0 aliphatic carbocycles. The van der Waals surface area contributed by atoms with E-state index >= 15 is 0 Å². The van der Waals surface area contributed by atoms with Gasteiger partial charge in [-0.05, 0) is 70.0 Å². The zero-order chi connectivity index (χ0) is 26.6. The summed E-state index contributed by atoms with van der Waals surface area (Å²) < 4.78 is 37.7. The van der Waals surface area contributed by atoms with Crippen molar-refractivity contribution in [3.63, 3.8) is 0 Å². The van der Waals surface area contributed by atoms with Gasteiger partial charge in [0.15, 0.2) is 8.32 Å². The predicted octanol–water partition coefficient (Wildman–Crippen LogP) is 5.85. The molecule has 2 bridgehead atoms. The molecule has 8 atom stereocenters. The maximum Gasteiger partial charge on any atom is 0.306 e. The Balaban J connectivity index is 1.99. The number of carbonyl (C=O) groups is 1. The van der Waals surface area contributed by atoms with Crippen LogP contribution in [0.1, 0.15) is 86.5 Å². The summed E-state index contributed by atoms with van der Waals surface area (Å²) in [4.78, 5) is 12.6. The molecule has 3 aliphatic heterocycles. The summed E-state index contributed by atoms with van der Waals surface area (Å²) in [5.74, 6) is 0.0969. The topological polar surface area (TPSA) is 72.5 Å². The maximum atomic E-state index is 12.6. The van der Waals surface area contributed by atoms with Crippen molar-refractivity contribution >= 4 is 14.3 Å². The van der Waals surface area contributed by atoms with Crippen LogP contribution in [0.15, 0.2) is 0 Å². The van der Waals surface area contributed by atoms with Gasteiger partial charge in [-0.25, -0.2) is 0 Å². The van der Waals surface area contributed by atoms with Crippen LogP contribution in [0, 0.1) is 11.8 Å². The van der Waals surface area contributed by atoms with Crippen LogP contribution in [-0.4, -0.2) is 70.9 Å². The molecular formula is C28H52O7Si. The lowest BCUT2D eigenvalue weighted by atomic mass is 9.76. The van der Waals surface area contributed by atoms with Crippen molar-refractivity contribution in [2.24, 2.45) is 11.8 Å². The molecule has 210 valence electrons. The average Bonchev–Trinajstić information content (AvgIpc) is 3.23. The van der Waals surface area contributed by atoms with Crippen LogP contribution < -0.4 is 0 Å². The maximum absolute atomic E-state index is 12.6. The molecule has 0 aromatic rings. The van der Waals surface area contributed by atoms with Gasteiger partial charge in [-0.3, -0.25) is 4.79 Å². The minimum atomic E-state index is -1.89. The van der Waals surface area contributed by atoms with Gasteiger partial charge in [-0.1, -0.05) is 34.1 Å². The van der Waals surface area contributed by atoms with Gasteiger partial charge < -0.3 is 28.1 Å². The molecule has 3 fully saturated rings. The fourth-order valence-corrected chi connectivity index (χ4v) is 9.99. The third-order valence-corrected chi connectivity index (χ3v) is 14.5. The van der Waals surface area contributed by atoms with Crippen molar-refractivity contribution < 1.29 is 32.9 Å². The fraction of sp³-hybridized carbons (Fsp3) is 0.964. The largest absolute Gasteiger partial charge is 0.459 e. The Morgan fingerprint density at radius 1 is 1.00 bits per heavy atom. The van der Waals surface area contributed by atoms with Crippen molar-refractivity contribution in [2.45, 2.75) is 140 Å². The molecule has 0 N–H and O–H groups in total. The molecule has 0 unspecified atom stereocenters. The molecule has 3 rings (SSSR count). The Morgan fingerprint density at radius 3 is 2.31 bits per heavy atom. The first-order chi connectivity index (χ1) is 17.1. The summed E-state index contributed by atoms with van der Waals surface area (Å²) in [5, 5.41) is 0. The molecule has 3 heterocycles. The van der Waals surface area contributed by atoms with E-state index in [0.29, 0.717) is 12.8 Å². The van der Waals surface area contributed by atoms with Gasteiger partial charge >= 0.3 is 5.97 Å². The van der Waals surface area contributed by atoms with Gasteiger partial charge in [0, 0.05) is 20.1 Å². The SMILES string of the molecule is CC[Si](CC)(CC)O[C@]1(C)CC[C@H]2O[C@@H]1C[C@H]1CC(=O)O[C@H]1[C@H](OCOC)[C@@H](C)CCC[C@]2(C)OC. The van der Waals surface area contributed by atoms with Crippen LogP contribution in [0.25, 0.3) is 0 Å². The van der Waals surface area contributed by atoms with E-state index in [4.69, 9.17) is 28.1 Å². The first-order valence-electron chi connectivity index (χ1n) is 14.3. The third kappa shape index (κ3) is 6.37. The number of hydrogen-bond acceptors (Lipinski definition) is 7. The molecule has 3 saturated heterocycles. The lowest BCUT2D eigenvalue weighted by Gasteiger charge is -2.52. The second kappa shape index (κ2) is 12.6. The van der Waals surface area contributed by atoms with Crippen molar-refractivity contribution in [2.75, 3.05) is 21.0 Å². The van der Waals surface area contributed by atoms with Gasteiger partial charge in [-0.15, -0.1) is 0 Å². The number of carbonyl (C=O) groups excluding carboxylic acids is 1. The Kier molecular flexibility index (Phi) is 10.5. The van der Waals surface area contributed by atoms with Crippen molar-refractivity contribution in [3.05, 3.63) is 0 Å².